The van der Waals surface area contributed by atoms with Crippen molar-refractivity contribution in [2.45, 2.75) is 26.8 Å². The van der Waals surface area contributed by atoms with E-state index in [0.29, 0.717) is 19.7 Å². The summed E-state index contributed by atoms with van der Waals surface area (Å²) in [6, 6.07) is 7.80. The van der Waals surface area contributed by atoms with Gasteiger partial charge in [0.25, 0.3) is 0 Å². The van der Waals surface area contributed by atoms with Crippen molar-refractivity contribution in [2.24, 2.45) is 4.99 Å². The largest absolute Gasteiger partial charge is 0.492 e. The lowest BCUT2D eigenvalue weighted by Crippen LogP contribution is -2.39. The summed E-state index contributed by atoms with van der Waals surface area (Å²) >= 11 is 3.41. The van der Waals surface area contributed by atoms with Crippen LogP contribution in [0.5, 0.6) is 5.75 Å². The smallest absolute Gasteiger partial charge is 0.191 e. The zero-order chi connectivity index (χ0) is 17.9. The lowest BCUT2D eigenvalue weighted by molar-refractivity contribution is 0.322. The van der Waals surface area contributed by atoms with E-state index in [-0.39, 0.29) is 24.0 Å². The Bertz CT molecular complexity index is 662. The summed E-state index contributed by atoms with van der Waals surface area (Å²) in [5.41, 5.74) is 0. The maximum absolute atomic E-state index is 5.70. The molecule has 144 valence electrons. The number of ether oxygens (including phenoxy) is 1. The number of nitrogens with zero attached hydrogens (tertiary/aromatic N) is 4. The summed E-state index contributed by atoms with van der Waals surface area (Å²) in [5.74, 6) is 2.62. The lowest BCUT2D eigenvalue weighted by Gasteiger charge is -2.12. The minimum atomic E-state index is 0. The molecular weight excluding hydrogens is 511 g/mol. The molecule has 0 saturated carbocycles. The topological polar surface area (TPSA) is 76.4 Å². The first kappa shape index (κ1) is 22.7. The van der Waals surface area contributed by atoms with Crippen LogP contribution in [0.4, 0.5) is 0 Å². The Balaban J connectivity index is 0.00000338. The van der Waals surface area contributed by atoms with Crippen LogP contribution in [-0.4, -0.2) is 47.0 Å². The molecule has 9 heteroatoms. The fourth-order valence-corrected chi connectivity index (χ4v) is 2.48. The van der Waals surface area contributed by atoms with E-state index in [1.807, 2.05) is 35.8 Å². The van der Waals surface area contributed by atoms with Gasteiger partial charge in [-0.15, -0.1) is 34.2 Å². The number of nitrogens with one attached hydrogen (secondary N) is 2. The summed E-state index contributed by atoms with van der Waals surface area (Å²) in [7, 11) is 0. The van der Waals surface area contributed by atoms with Gasteiger partial charge in [-0.2, -0.15) is 0 Å². The molecule has 0 fully saturated rings. The van der Waals surface area contributed by atoms with Crippen molar-refractivity contribution in [1.82, 2.24) is 25.4 Å². The van der Waals surface area contributed by atoms with E-state index < -0.39 is 0 Å². The minimum absolute atomic E-state index is 0. The van der Waals surface area contributed by atoms with E-state index in [4.69, 9.17) is 4.74 Å². The highest BCUT2D eigenvalue weighted by Gasteiger charge is 2.01. The molecule has 1 heterocycles. The van der Waals surface area contributed by atoms with Gasteiger partial charge in [-0.1, -0.05) is 22.9 Å². The molecule has 2 aromatic rings. The molecule has 0 saturated heterocycles. The summed E-state index contributed by atoms with van der Waals surface area (Å²) in [5, 5.41) is 14.5. The molecule has 0 aliphatic heterocycles. The summed E-state index contributed by atoms with van der Waals surface area (Å²) in [6.07, 6.45) is 2.62. The Hall–Kier alpha value is -1.36. The van der Waals surface area contributed by atoms with E-state index >= 15 is 0 Å². The first-order valence-electron chi connectivity index (χ1n) is 8.50. The highest BCUT2D eigenvalue weighted by atomic mass is 127. The summed E-state index contributed by atoms with van der Waals surface area (Å²) in [4.78, 5) is 4.58. The number of benzene rings is 1. The van der Waals surface area contributed by atoms with Gasteiger partial charge in [-0.3, -0.25) is 4.99 Å². The van der Waals surface area contributed by atoms with Gasteiger partial charge >= 0.3 is 0 Å². The van der Waals surface area contributed by atoms with Gasteiger partial charge < -0.3 is 19.9 Å². The molecule has 0 atom stereocenters. The number of hydrogen-bond donors (Lipinski definition) is 2. The number of halogens is 2. The summed E-state index contributed by atoms with van der Waals surface area (Å²) < 4.78 is 8.77. The molecule has 0 unspecified atom stereocenters. The Kier molecular flexibility index (Phi) is 11.3. The van der Waals surface area contributed by atoms with Crippen LogP contribution < -0.4 is 15.4 Å². The van der Waals surface area contributed by atoms with Gasteiger partial charge in [0.15, 0.2) is 5.96 Å². The Labute approximate surface area is 180 Å². The van der Waals surface area contributed by atoms with E-state index in [0.717, 1.165) is 41.5 Å². The molecule has 1 aromatic carbocycles. The Morgan fingerprint density at radius 2 is 2.00 bits per heavy atom. The van der Waals surface area contributed by atoms with Gasteiger partial charge in [0.2, 0.25) is 0 Å². The molecule has 0 bridgehead atoms. The third-order valence-electron chi connectivity index (χ3n) is 3.44. The van der Waals surface area contributed by atoms with Gasteiger partial charge in [0, 0.05) is 24.0 Å². The fraction of sp³-hybridized carbons (Fsp3) is 0.471. The van der Waals surface area contributed by atoms with E-state index in [9.17, 15) is 0 Å². The third kappa shape index (κ3) is 7.90. The van der Waals surface area contributed by atoms with Crippen molar-refractivity contribution in [3.8, 4) is 5.75 Å². The van der Waals surface area contributed by atoms with E-state index in [1.165, 1.54) is 0 Å². The average Bonchev–Trinajstić information content (AvgIpc) is 3.07. The van der Waals surface area contributed by atoms with Crippen LogP contribution in [0.15, 0.2) is 40.1 Å². The number of rotatable bonds is 9. The number of aryl methyl sites for hydroxylation is 1. The highest BCUT2D eigenvalue weighted by Crippen LogP contribution is 2.15. The third-order valence-corrected chi connectivity index (χ3v) is 3.97. The maximum atomic E-state index is 5.70. The second-order valence-corrected chi connectivity index (χ2v) is 6.20. The standard InChI is InChI=1S/C17H25BrN6O.HI/c1-3-16-23-22-13-24(16)11-9-20-17(19-4-2)21-10-12-25-15-7-5-14(18)6-8-15;/h5-8,13H,3-4,9-12H2,1-2H3,(H2,19,20,21);1H. The van der Waals surface area contributed by atoms with E-state index in [1.54, 1.807) is 6.33 Å². The van der Waals surface area contributed by atoms with Gasteiger partial charge in [0.1, 0.15) is 24.5 Å². The van der Waals surface area contributed by atoms with E-state index in [2.05, 4.69) is 48.7 Å². The van der Waals surface area contributed by atoms with Crippen molar-refractivity contribution in [3.05, 3.63) is 40.9 Å². The van der Waals surface area contributed by atoms with Crippen LogP contribution >= 0.6 is 39.9 Å². The average molecular weight is 537 g/mol. The quantitative estimate of drug-likeness (QED) is 0.223. The molecule has 7 nitrogen and oxygen atoms in total. The number of aromatic nitrogens is 3. The van der Waals surface area contributed by atoms with Gasteiger partial charge in [-0.25, -0.2) is 0 Å². The molecule has 1 aromatic heterocycles. The molecule has 26 heavy (non-hydrogen) atoms. The van der Waals surface area contributed by atoms with Gasteiger partial charge in [0.05, 0.1) is 13.1 Å². The molecular formula is C17H26BrIN6O. The van der Waals surface area contributed by atoms with Crippen LogP contribution in [0, 0.1) is 0 Å². The van der Waals surface area contributed by atoms with Crippen LogP contribution in [0.1, 0.15) is 19.7 Å². The summed E-state index contributed by atoms with van der Waals surface area (Å²) in [6.45, 7) is 7.60. The predicted octanol–water partition coefficient (Wildman–Crippen LogP) is 2.86. The van der Waals surface area contributed by atoms with Crippen molar-refractivity contribution < 1.29 is 4.74 Å². The highest BCUT2D eigenvalue weighted by molar-refractivity contribution is 14.0. The van der Waals surface area contributed by atoms with Crippen molar-refractivity contribution in [1.29, 1.82) is 0 Å². The Morgan fingerprint density at radius 1 is 1.23 bits per heavy atom. The van der Waals surface area contributed by atoms with Crippen LogP contribution in [-0.2, 0) is 13.0 Å². The normalized spacial score (nSPS) is 11.0. The number of hydrogen-bond acceptors (Lipinski definition) is 4. The zero-order valence-corrected chi connectivity index (χ0v) is 19.0. The molecule has 0 aliphatic rings. The predicted molar refractivity (Wildman–Crippen MR) is 118 cm³/mol. The molecule has 2 N–H and O–H groups in total. The number of aliphatic imine (C=N–C) groups is 1. The van der Waals surface area contributed by atoms with Crippen LogP contribution in [0.2, 0.25) is 0 Å². The first-order valence-corrected chi connectivity index (χ1v) is 9.29. The van der Waals surface area contributed by atoms with Crippen molar-refractivity contribution in [3.63, 3.8) is 0 Å². The SMILES string of the molecule is CCNC(=NCCn1cnnc1CC)NCCOc1ccc(Br)cc1.I. The van der Waals surface area contributed by atoms with Crippen molar-refractivity contribution >= 4 is 45.9 Å². The number of guanidine groups is 1. The molecule has 2 rings (SSSR count). The second kappa shape index (κ2) is 12.9. The second-order valence-electron chi connectivity index (χ2n) is 5.28. The Morgan fingerprint density at radius 3 is 2.69 bits per heavy atom. The minimum Gasteiger partial charge on any atom is -0.492 e. The van der Waals surface area contributed by atoms with Crippen LogP contribution in [0.25, 0.3) is 0 Å². The monoisotopic (exact) mass is 536 g/mol. The molecule has 0 radical (unpaired) electrons. The zero-order valence-electron chi connectivity index (χ0n) is 15.1. The van der Waals surface area contributed by atoms with Gasteiger partial charge in [-0.05, 0) is 31.2 Å². The molecule has 0 aliphatic carbocycles. The molecule has 0 spiro atoms. The molecule has 0 amide bonds. The maximum Gasteiger partial charge on any atom is 0.191 e. The van der Waals surface area contributed by atoms with Crippen LogP contribution in [0.3, 0.4) is 0 Å². The van der Waals surface area contributed by atoms with Crippen molar-refractivity contribution in [2.75, 3.05) is 26.2 Å². The lowest BCUT2D eigenvalue weighted by atomic mass is 10.3. The first-order chi connectivity index (χ1) is 12.2. The fourth-order valence-electron chi connectivity index (χ4n) is 2.22.